The summed E-state index contributed by atoms with van der Waals surface area (Å²) in [6.45, 7) is 8.40. The molecule has 0 N–H and O–H groups in total. The van der Waals surface area contributed by atoms with Gasteiger partial charge in [-0.3, -0.25) is 4.79 Å². The van der Waals surface area contributed by atoms with Gasteiger partial charge < -0.3 is 9.47 Å². The van der Waals surface area contributed by atoms with Crippen LogP contribution in [0, 0.1) is 0 Å². The van der Waals surface area contributed by atoms with Crippen molar-refractivity contribution in [1.82, 2.24) is 14.5 Å². The van der Waals surface area contributed by atoms with E-state index in [-0.39, 0.29) is 24.5 Å². The monoisotopic (exact) mass is 369 g/mol. The van der Waals surface area contributed by atoms with Gasteiger partial charge in [-0.05, 0) is 52.0 Å². The Morgan fingerprint density at radius 2 is 1.65 bits per heavy atom. The number of carbonyl (C=O) groups is 1. The van der Waals surface area contributed by atoms with Crippen molar-refractivity contribution in [1.29, 1.82) is 0 Å². The van der Waals surface area contributed by atoms with Crippen LogP contribution in [-0.4, -0.2) is 32.4 Å². The van der Waals surface area contributed by atoms with Crippen molar-refractivity contribution >= 4 is 28.5 Å². The second-order valence-electron chi connectivity index (χ2n) is 6.98. The first-order valence-electron chi connectivity index (χ1n) is 8.91. The molecule has 0 saturated carbocycles. The molecule has 0 aliphatic carbocycles. The van der Waals surface area contributed by atoms with Gasteiger partial charge in [-0.25, -0.2) is 4.98 Å². The summed E-state index contributed by atoms with van der Waals surface area (Å²) in [6, 6.07) is 15.7. The SMILES string of the molecule is CC(C)N(C(=O)Cn1c(-c2ccccc2Cl)nc2ccccc21)C(C)C. The Morgan fingerprint density at radius 1 is 1.04 bits per heavy atom. The lowest BCUT2D eigenvalue weighted by Crippen LogP contribution is -2.43. The van der Waals surface area contributed by atoms with Crippen LogP contribution in [0.15, 0.2) is 48.5 Å². The highest BCUT2D eigenvalue weighted by Crippen LogP contribution is 2.30. The van der Waals surface area contributed by atoms with Crippen LogP contribution in [0.2, 0.25) is 5.02 Å². The molecule has 3 aromatic rings. The summed E-state index contributed by atoms with van der Waals surface area (Å²) in [7, 11) is 0. The largest absolute Gasteiger partial charge is 0.336 e. The Morgan fingerprint density at radius 3 is 2.31 bits per heavy atom. The molecule has 3 rings (SSSR count). The van der Waals surface area contributed by atoms with E-state index in [0.717, 1.165) is 22.4 Å². The molecule has 0 atom stereocenters. The highest BCUT2D eigenvalue weighted by Gasteiger charge is 2.23. The van der Waals surface area contributed by atoms with Gasteiger partial charge in [-0.1, -0.05) is 35.9 Å². The Hall–Kier alpha value is -2.33. The number of aromatic nitrogens is 2. The van der Waals surface area contributed by atoms with Crippen molar-refractivity contribution in [2.45, 2.75) is 46.3 Å². The molecule has 1 amide bonds. The normalized spacial score (nSPS) is 11.5. The predicted molar refractivity (Wildman–Crippen MR) is 107 cm³/mol. The zero-order chi connectivity index (χ0) is 18.8. The molecule has 0 radical (unpaired) electrons. The van der Waals surface area contributed by atoms with E-state index in [9.17, 15) is 4.79 Å². The lowest BCUT2D eigenvalue weighted by Gasteiger charge is -2.31. The first-order valence-corrected chi connectivity index (χ1v) is 9.29. The quantitative estimate of drug-likeness (QED) is 0.634. The van der Waals surface area contributed by atoms with Crippen LogP contribution < -0.4 is 0 Å². The molecule has 1 heterocycles. The molecular weight excluding hydrogens is 346 g/mol. The number of imidazole rings is 1. The summed E-state index contributed by atoms with van der Waals surface area (Å²) in [4.78, 5) is 19.7. The van der Waals surface area contributed by atoms with Crippen LogP contribution in [0.25, 0.3) is 22.4 Å². The molecule has 0 unspecified atom stereocenters. The highest BCUT2D eigenvalue weighted by atomic mass is 35.5. The maximum atomic E-state index is 13.1. The summed E-state index contributed by atoms with van der Waals surface area (Å²) in [6.07, 6.45) is 0. The number of benzene rings is 2. The van der Waals surface area contributed by atoms with Gasteiger partial charge in [0.05, 0.1) is 16.1 Å². The van der Waals surface area contributed by atoms with Gasteiger partial charge in [-0.2, -0.15) is 0 Å². The van der Waals surface area contributed by atoms with Crippen molar-refractivity contribution in [3.63, 3.8) is 0 Å². The molecule has 0 saturated heterocycles. The van der Waals surface area contributed by atoms with E-state index in [1.165, 1.54) is 0 Å². The van der Waals surface area contributed by atoms with E-state index < -0.39 is 0 Å². The molecule has 0 bridgehead atoms. The van der Waals surface area contributed by atoms with Crippen LogP contribution in [0.1, 0.15) is 27.7 Å². The Kier molecular flexibility index (Phi) is 5.33. The average molecular weight is 370 g/mol. The number of carbonyl (C=O) groups excluding carboxylic acids is 1. The number of fused-ring (bicyclic) bond motifs is 1. The smallest absolute Gasteiger partial charge is 0.243 e. The van der Waals surface area contributed by atoms with E-state index in [4.69, 9.17) is 16.6 Å². The molecule has 1 aromatic heterocycles. The van der Waals surface area contributed by atoms with Crippen molar-refractivity contribution in [3.05, 3.63) is 53.6 Å². The van der Waals surface area contributed by atoms with E-state index in [1.54, 1.807) is 0 Å². The number of hydrogen-bond acceptors (Lipinski definition) is 2. The van der Waals surface area contributed by atoms with Gasteiger partial charge in [0.2, 0.25) is 5.91 Å². The minimum Gasteiger partial charge on any atom is -0.336 e. The molecule has 136 valence electrons. The third-order valence-electron chi connectivity index (χ3n) is 4.46. The molecular formula is C21H24ClN3O. The van der Waals surface area contributed by atoms with Crippen LogP contribution in [-0.2, 0) is 11.3 Å². The van der Waals surface area contributed by atoms with Crippen LogP contribution in [0.5, 0.6) is 0 Å². The van der Waals surface area contributed by atoms with Crippen LogP contribution in [0.3, 0.4) is 0 Å². The van der Waals surface area contributed by atoms with E-state index >= 15 is 0 Å². The molecule has 5 heteroatoms. The third-order valence-corrected chi connectivity index (χ3v) is 4.79. The first-order chi connectivity index (χ1) is 12.4. The summed E-state index contributed by atoms with van der Waals surface area (Å²) >= 11 is 6.41. The Labute approximate surface area is 159 Å². The molecule has 0 aliphatic heterocycles. The minimum atomic E-state index is 0.0754. The average Bonchev–Trinajstić information content (AvgIpc) is 2.93. The van der Waals surface area contributed by atoms with Crippen LogP contribution >= 0.6 is 11.6 Å². The summed E-state index contributed by atoms with van der Waals surface area (Å²) < 4.78 is 1.97. The Balaban J connectivity index is 2.11. The molecule has 0 spiro atoms. The second kappa shape index (κ2) is 7.50. The lowest BCUT2D eigenvalue weighted by molar-refractivity contribution is -0.135. The molecule has 4 nitrogen and oxygen atoms in total. The first kappa shape index (κ1) is 18.5. The fraction of sp³-hybridized carbons (Fsp3) is 0.333. The summed E-state index contributed by atoms with van der Waals surface area (Å²) in [5.41, 5.74) is 2.62. The number of amides is 1. The number of rotatable bonds is 5. The zero-order valence-electron chi connectivity index (χ0n) is 15.6. The lowest BCUT2D eigenvalue weighted by atomic mass is 10.2. The van der Waals surface area contributed by atoms with Gasteiger partial charge in [0.25, 0.3) is 0 Å². The van der Waals surface area contributed by atoms with Gasteiger partial charge >= 0.3 is 0 Å². The topological polar surface area (TPSA) is 38.1 Å². The van der Waals surface area contributed by atoms with Gasteiger partial charge in [0.1, 0.15) is 12.4 Å². The number of para-hydroxylation sites is 2. The van der Waals surface area contributed by atoms with Crippen LogP contribution in [0.4, 0.5) is 0 Å². The summed E-state index contributed by atoms with van der Waals surface area (Å²) in [5, 5.41) is 0.626. The molecule has 0 aliphatic rings. The number of nitrogens with zero attached hydrogens (tertiary/aromatic N) is 3. The van der Waals surface area contributed by atoms with E-state index in [1.807, 2.05) is 85.7 Å². The van der Waals surface area contributed by atoms with Crippen molar-refractivity contribution < 1.29 is 4.79 Å². The van der Waals surface area contributed by atoms with Gasteiger partial charge in [0.15, 0.2) is 0 Å². The van der Waals surface area contributed by atoms with E-state index in [0.29, 0.717) is 5.02 Å². The zero-order valence-corrected chi connectivity index (χ0v) is 16.4. The van der Waals surface area contributed by atoms with Gasteiger partial charge in [-0.15, -0.1) is 0 Å². The fourth-order valence-corrected chi connectivity index (χ4v) is 3.69. The maximum Gasteiger partial charge on any atom is 0.243 e. The van der Waals surface area contributed by atoms with Gasteiger partial charge in [0, 0.05) is 17.6 Å². The third kappa shape index (κ3) is 3.47. The number of halogens is 1. The maximum absolute atomic E-state index is 13.1. The summed E-state index contributed by atoms with van der Waals surface area (Å²) in [5.74, 6) is 0.795. The minimum absolute atomic E-state index is 0.0754. The highest BCUT2D eigenvalue weighted by molar-refractivity contribution is 6.33. The predicted octanol–water partition coefficient (Wildman–Crippen LogP) is 5.00. The number of hydrogen-bond donors (Lipinski definition) is 0. The molecule has 26 heavy (non-hydrogen) atoms. The van der Waals surface area contributed by atoms with Crippen molar-refractivity contribution in [2.75, 3.05) is 0 Å². The standard InChI is InChI=1S/C21H24ClN3O/c1-14(2)25(15(3)4)20(26)13-24-19-12-8-7-11-18(19)23-21(24)16-9-5-6-10-17(16)22/h5-12,14-15H,13H2,1-4H3. The Bertz CT molecular complexity index is 922. The van der Waals surface area contributed by atoms with Crippen molar-refractivity contribution in [2.24, 2.45) is 0 Å². The van der Waals surface area contributed by atoms with E-state index in [2.05, 4.69) is 0 Å². The molecule has 2 aromatic carbocycles. The molecule has 0 fully saturated rings. The second-order valence-corrected chi connectivity index (χ2v) is 7.39. The van der Waals surface area contributed by atoms with Crippen molar-refractivity contribution in [3.8, 4) is 11.4 Å². The fourth-order valence-electron chi connectivity index (χ4n) is 3.47.